The first-order valence-corrected chi connectivity index (χ1v) is 8.93. The Morgan fingerprint density at radius 3 is 2.24 bits per heavy atom. The first-order chi connectivity index (χ1) is 11.5. The van der Waals surface area contributed by atoms with Gasteiger partial charge in [-0.2, -0.15) is 0 Å². The zero-order valence-corrected chi connectivity index (χ0v) is 16.5. The third kappa shape index (κ3) is 4.53. The van der Waals surface area contributed by atoms with E-state index in [2.05, 4.69) is 43.4 Å². The van der Waals surface area contributed by atoms with Gasteiger partial charge in [0.25, 0.3) is 0 Å². The molecule has 0 radical (unpaired) electrons. The molecule has 4 nitrogen and oxygen atoms in total. The van der Waals surface area contributed by atoms with Gasteiger partial charge in [0.2, 0.25) is 5.91 Å². The molecule has 1 aliphatic heterocycles. The van der Waals surface area contributed by atoms with Crippen LogP contribution in [-0.2, 0) is 14.1 Å². The first kappa shape index (κ1) is 19.7. The summed E-state index contributed by atoms with van der Waals surface area (Å²) in [5.74, 6) is 0.340. The molecule has 1 fully saturated rings. The molecule has 0 aromatic heterocycles. The van der Waals surface area contributed by atoms with Gasteiger partial charge in [-0.15, -0.1) is 0 Å². The number of carbonyl (C=O) groups is 1. The maximum atomic E-state index is 11.4. The lowest BCUT2D eigenvalue weighted by Crippen LogP contribution is -2.41. The fraction of sp³-hybridized carbons (Fsp3) is 0.550. The fourth-order valence-corrected chi connectivity index (χ4v) is 2.79. The van der Waals surface area contributed by atoms with E-state index in [0.717, 1.165) is 11.0 Å². The molecule has 2 rings (SSSR count). The van der Waals surface area contributed by atoms with Crippen LogP contribution >= 0.6 is 0 Å². The lowest BCUT2D eigenvalue weighted by atomic mass is 9.76. The van der Waals surface area contributed by atoms with Crippen molar-refractivity contribution in [3.8, 4) is 0 Å². The predicted molar refractivity (Wildman–Crippen MR) is 103 cm³/mol. The summed E-state index contributed by atoms with van der Waals surface area (Å²) in [4.78, 5) is 11.4. The van der Waals surface area contributed by atoms with Crippen molar-refractivity contribution in [2.24, 2.45) is 0 Å². The Kier molecular flexibility index (Phi) is 5.80. The van der Waals surface area contributed by atoms with E-state index in [1.165, 1.54) is 12.5 Å². The molecule has 1 aromatic carbocycles. The summed E-state index contributed by atoms with van der Waals surface area (Å²) < 4.78 is 12.4. The Morgan fingerprint density at radius 2 is 1.72 bits per heavy atom. The van der Waals surface area contributed by atoms with Gasteiger partial charge in [0.1, 0.15) is 0 Å². The molecule has 25 heavy (non-hydrogen) atoms. The summed E-state index contributed by atoms with van der Waals surface area (Å²) >= 11 is 0. The standard InChI is InChI=1S/C20H30BNO3/c1-14(2)18-11-9-8-10-16(18)12-17(13-22-15(3)23)21-24-19(4,5)20(6,7)25-21/h8-12,14H,13H2,1-7H3,(H,22,23). The molecule has 1 heterocycles. The van der Waals surface area contributed by atoms with Crippen LogP contribution in [0, 0.1) is 0 Å². The first-order valence-electron chi connectivity index (χ1n) is 8.93. The minimum absolute atomic E-state index is 0.0698. The van der Waals surface area contributed by atoms with Crippen LogP contribution in [0.25, 0.3) is 6.08 Å². The molecule has 1 saturated heterocycles. The molecule has 0 saturated carbocycles. The molecule has 0 atom stereocenters. The maximum absolute atomic E-state index is 11.4. The van der Waals surface area contributed by atoms with Crippen molar-refractivity contribution in [2.75, 3.05) is 6.54 Å². The van der Waals surface area contributed by atoms with E-state index < -0.39 is 18.3 Å². The average Bonchev–Trinajstić information content (AvgIpc) is 2.71. The molecule has 0 aliphatic carbocycles. The highest BCUT2D eigenvalue weighted by Gasteiger charge is 2.52. The van der Waals surface area contributed by atoms with Gasteiger partial charge in [-0.25, -0.2) is 0 Å². The summed E-state index contributed by atoms with van der Waals surface area (Å²) in [6.45, 7) is 14.4. The lowest BCUT2D eigenvalue weighted by Gasteiger charge is -2.32. The van der Waals surface area contributed by atoms with Crippen molar-refractivity contribution in [3.05, 3.63) is 40.9 Å². The molecular weight excluding hydrogens is 313 g/mol. The van der Waals surface area contributed by atoms with E-state index in [4.69, 9.17) is 9.31 Å². The number of nitrogens with one attached hydrogen (secondary N) is 1. The van der Waals surface area contributed by atoms with Gasteiger partial charge in [-0.1, -0.05) is 44.2 Å². The lowest BCUT2D eigenvalue weighted by molar-refractivity contribution is -0.118. The second kappa shape index (κ2) is 7.34. The van der Waals surface area contributed by atoms with Gasteiger partial charge in [0.15, 0.2) is 0 Å². The molecule has 136 valence electrons. The van der Waals surface area contributed by atoms with Crippen molar-refractivity contribution in [2.45, 2.75) is 65.6 Å². The zero-order valence-electron chi connectivity index (χ0n) is 16.5. The number of amides is 1. The molecule has 5 heteroatoms. The highest BCUT2D eigenvalue weighted by Crippen LogP contribution is 2.39. The number of rotatable bonds is 5. The smallest absolute Gasteiger partial charge is 0.400 e. The van der Waals surface area contributed by atoms with Gasteiger partial charge in [0, 0.05) is 13.5 Å². The largest absolute Gasteiger partial charge is 0.492 e. The molecule has 1 N–H and O–H groups in total. The number of hydrogen-bond acceptors (Lipinski definition) is 3. The quantitative estimate of drug-likeness (QED) is 0.823. The van der Waals surface area contributed by atoms with Crippen LogP contribution in [0.2, 0.25) is 0 Å². The summed E-state index contributed by atoms with van der Waals surface area (Å²) in [5, 5.41) is 2.88. The van der Waals surface area contributed by atoms with Crippen molar-refractivity contribution >= 4 is 19.1 Å². The van der Waals surface area contributed by atoms with Gasteiger partial charge in [-0.3, -0.25) is 4.79 Å². The minimum Gasteiger partial charge on any atom is -0.400 e. The maximum Gasteiger partial charge on any atom is 0.492 e. The molecule has 1 aliphatic rings. The Bertz CT molecular complexity index is 649. The van der Waals surface area contributed by atoms with E-state index in [1.807, 2.05) is 33.8 Å². The number of hydrogen-bond donors (Lipinski definition) is 1. The summed E-state index contributed by atoms with van der Waals surface area (Å²) in [6, 6.07) is 8.30. The highest BCUT2D eigenvalue weighted by atomic mass is 16.7. The Balaban J connectivity index is 2.39. The normalized spacial score (nSPS) is 19.4. The highest BCUT2D eigenvalue weighted by molar-refractivity contribution is 6.56. The SMILES string of the molecule is CC(=O)NCC(=Cc1ccccc1C(C)C)B1OC(C)(C)C(C)(C)O1. The van der Waals surface area contributed by atoms with Crippen molar-refractivity contribution < 1.29 is 14.1 Å². The summed E-state index contributed by atoms with van der Waals surface area (Å²) in [5.41, 5.74) is 2.49. The number of benzene rings is 1. The molecule has 1 aromatic rings. The molecular formula is C20H30BNO3. The van der Waals surface area contributed by atoms with Gasteiger partial charge in [0.05, 0.1) is 11.2 Å². The molecule has 0 bridgehead atoms. The third-order valence-corrected chi connectivity index (χ3v) is 5.06. The van der Waals surface area contributed by atoms with E-state index in [-0.39, 0.29) is 5.91 Å². The van der Waals surface area contributed by atoms with Gasteiger partial charge >= 0.3 is 7.12 Å². The van der Waals surface area contributed by atoms with Crippen LogP contribution in [0.15, 0.2) is 29.7 Å². The molecule has 1 amide bonds. The van der Waals surface area contributed by atoms with Crippen molar-refractivity contribution in [3.63, 3.8) is 0 Å². The topological polar surface area (TPSA) is 47.6 Å². The molecule has 0 unspecified atom stereocenters. The third-order valence-electron chi connectivity index (χ3n) is 5.06. The van der Waals surface area contributed by atoms with E-state index in [1.54, 1.807) is 0 Å². The van der Waals surface area contributed by atoms with E-state index in [9.17, 15) is 4.79 Å². The molecule has 0 spiro atoms. The van der Waals surface area contributed by atoms with Crippen LogP contribution in [-0.4, -0.2) is 30.8 Å². The van der Waals surface area contributed by atoms with Crippen LogP contribution in [0.4, 0.5) is 0 Å². The van der Waals surface area contributed by atoms with Gasteiger partial charge < -0.3 is 14.6 Å². The van der Waals surface area contributed by atoms with Crippen molar-refractivity contribution in [1.82, 2.24) is 5.32 Å². The number of carbonyl (C=O) groups excluding carboxylic acids is 1. The fourth-order valence-electron chi connectivity index (χ4n) is 2.79. The van der Waals surface area contributed by atoms with Crippen molar-refractivity contribution in [1.29, 1.82) is 0 Å². The van der Waals surface area contributed by atoms with Gasteiger partial charge in [-0.05, 0) is 50.2 Å². The second-order valence-electron chi connectivity index (χ2n) is 8.00. The summed E-state index contributed by atoms with van der Waals surface area (Å²) in [6.07, 6.45) is 2.09. The van der Waals surface area contributed by atoms with Crippen LogP contribution in [0.5, 0.6) is 0 Å². The Morgan fingerprint density at radius 1 is 1.16 bits per heavy atom. The average molecular weight is 343 g/mol. The Hall–Kier alpha value is -1.59. The van der Waals surface area contributed by atoms with Crippen LogP contribution < -0.4 is 5.32 Å². The zero-order chi connectivity index (χ0) is 18.8. The monoisotopic (exact) mass is 343 g/mol. The van der Waals surface area contributed by atoms with Crippen LogP contribution in [0.3, 0.4) is 0 Å². The summed E-state index contributed by atoms with van der Waals surface area (Å²) in [7, 11) is -0.475. The second-order valence-corrected chi connectivity index (χ2v) is 8.00. The predicted octanol–water partition coefficient (Wildman–Crippen LogP) is 3.96. The van der Waals surface area contributed by atoms with E-state index >= 15 is 0 Å². The minimum atomic E-state index is -0.475. The Labute approximate surface area is 152 Å². The van der Waals surface area contributed by atoms with Crippen LogP contribution in [0.1, 0.15) is 65.5 Å². The van der Waals surface area contributed by atoms with E-state index in [0.29, 0.717) is 12.5 Å².